The number of benzene rings is 1. The van der Waals surface area contributed by atoms with Crippen LogP contribution in [0.4, 0.5) is 0 Å². The number of methoxy groups -OCH3 is 2. The maximum absolute atomic E-state index is 5.92. The van der Waals surface area contributed by atoms with Crippen molar-refractivity contribution in [2.45, 2.75) is 25.8 Å². The molecule has 0 saturated heterocycles. The smallest absolute Gasteiger partial charge is 0.146 e. The zero-order valence-corrected chi connectivity index (χ0v) is 13.2. The lowest BCUT2D eigenvalue weighted by Gasteiger charge is -2.28. The van der Waals surface area contributed by atoms with Crippen molar-refractivity contribution < 1.29 is 9.47 Å². The summed E-state index contributed by atoms with van der Waals surface area (Å²) in [7, 11) is 3.37. The lowest BCUT2D eigenvalue weighted by molar-refractivity contribution is 0.110. The Kier molecular flexibility index (Phi) is 4.55. The van der Waals surface area contributed by atoms with Gasteiger partial charge in [-0.05, 0) is 26.0 Å². The van der Waals surface area contributed by atoms with Gasteiger partial charge in [0, 0.05) is 19.4 Å². The second kappa shape index (κ2) is 6.02. The van der Waals surface area contributed by atoms with Gasteiger partial charge in [-0.25, -0.2) is 4.98 Å². The molecule has 4 nitrogen and oxygen atoms in total. The normalized spacial score (nSPS) is 12.1. The highest BCUT2D eigenvalue weighted by Crippen LogP contribution is 2.31. The third kappa shape index (κ3) is 2.63. The summed E-state index contributed by atoms with van der Waals surface area (Å²) in [5.74, 6) is 2.28. The molecule has 0 fully saturated rings. The van der Waals surface area contributed by atoms with Gasteiger partial charge in [0.25, 0.3) is 0 Å². The minimum Gasteiger partial charge on any atom is -0.494 e. The van der Waals surface area contributed by atoms with E-state index in [0.717, 1.165) is 22.6 Å². The van der Waals surface area contributed by atoms with Crippen LogP contribution in [0.15, 0.2) is 18.2 Å². The highest BCUT2D eigenvalue weighted by atomic mass is 35.5. The molecule has 0 amide bonds. The third-order valence-electron chi connectivity index (χ3n) is 3.36. The van der Waals surface area contributed by atoms with E-state index in [0.29, 0.717) is 18.9 Å². The Bertz CT molecular complexity index is 593. The molecule has 0 unspecified atom stereocenters. The van der Waals surface area contributed by atoms with Crippen molar-refractivity contribution in [3.05, 3.63) is 24.0 Å². The number of halogens is 1. The molecule has 2 aromatic rings. The molecule has 20 heavy (non-hydrogen) atoms. The van der Waals surface area contributed by atoms with Crippen LogP contribution in [0.5, 0.6) is 5.75 Å². The van der Waals surface area contributed by atoms with Crippen molar-refractivity contribution in [1.82, 2.24) is 9.55 Å². The zero-order chi connectivity index (χ0) is 14.8. The fraction of sp³-hybridized carbons (Fsp3) is 0.533. The van der Waals surface area contributed by atoms with Gasteiger partial charge in [-0.2, -0.15) is 0 Å². The zero-order valence-electron chi connectivity index (χ0n) is 12.4. The van der Waals surface area contributed by atoms with Gasteiger partial charge in [-0.3, -0.25) is 0 Å². The molecule has 0 bridgehead atoms. The first-order chi connectivity index (χ1) is 9.55. The quantitative estimate of drug-likeness (QED) is 0.768. The summed E-state index contributed by atoms with van der Waals surface area (Å²) in [5.41, 5.74) is 1.72. The first-order valence-electron chi connectivity index (χ1n) is 6.65. The minimum atomic E-state index is -0.197. The number of nitrogens with zero attached hydrogens (tertiary/aromatic N) is 2. The highest BCUT2D eigenvalue weighted by molar-refractivity contribution is 6.17. The first-order valence-corrected chi connectivity index (χ1v) is 7.18. The molecule has 0 aliphatic rings. The maximum atomic E-state index is 5.92. The largest absolute Gasteiger partial charge is 0.494 e. The van der Waals surface area contributed by atoms with Crippen molar-refractivity contribution in [3.8, 4) is 5.75 Å². The number of rotatable bonds is 6. The van der Waals surface area contributed by atoms with Gasteiger partial charge in [0.05, 0.1) is 24.8 Å². The summed E-state index contributed by atoms with van der Waals surface area (Å²) >= 11 is 5.92. The Morgan fingerprint density at radius 1 is 1.30 bits per heavy atom. The van der Waals surface area contributed by atoms with Crippen LogP contribution in [0.3, 0.4) is 0 Å². The number of hydrogen-bond acceptors (Lipinski definition) is 3. The summed E-state index contributed by atoms with van der Waals surface area (Å²) in [6.45, 7) is 4.87. The molecule has 1 aromatic heterocycles. The molecular formula is C15H21ClN2O2. The predicted molar refractivity (Wildman–Crippen MR) is 81.9 cm³/mol. The summed E-state index contributed by atoms with van der Waals surface area (Å²) in [6.07, 6.45) is 0.715. The Hall–Kier alpha value is -1.26. The molecule has 5 heteroatoms. The average Bonchev–Trinajstić information content (AvgIpc) is 2.77. The number of alkyl halides is 1. The van der Waals surface area contributed by atoms with Gasteiger partial charge >= 0.3 is 0 Å². The van der Waals surface area contributed by atoms with E-state index in [-0.39, 0.29) is 5.54 Å². The molecule has 0 saturated carbocycles. The SMILES string of the molecule is COCC(C)(C)n1c(CCCl)nc2c(OC)cccc21. The Morgan fingerprint density at radius 2 is 2.05 bits per heavy atom. The third-order valence-corrected chi connectivity index (χ3v) is 3.55. The number of aromatic nitrogens is 2. The topological polar surface area (TPSA) is 36.3 Å². The molecule has 0 aliphatic heterocycles. The molecule has 0 spiro atoms. The predicted octanol–water partition coefficient (Wildman–Crippen LogP) is 3.21. The van der Waals surface area contributed by atoms with Crippen molar-refractivity contribution in [3.63, 3.8) is 0 Å². The van der Waals surface area contributed by atoms with Gasteiger partial charge < -0.3 is 14.0 Å². The van der Waals surface area contributed by atoms with Crippen LogP contribution in [0.25, 0.3) is 11.0 Å². The van der Waals surface area contributed by atoms with Crippen molar-refractivity contribution in [1.29, 1.82) is 0 Å². The molecule has 110 valence electrons. The van der Waals surface area contributed by atoms with Gasteiger partial charge in [0.2, 0.25) is 0 Å². The van der Waals surface area contributed by atoms with Crippen LogP contribution in [0.2, 0.25) is 0 Å². The van der Waals surface area contributed by atoms with Gasteiger partial charge in [-0.1, -0.05) is 6.07 Å². The number of ether oxygens (including phenoxy) is 2. The van der Waals surface area contributed by atoms with E-state index in [1.165, 1.54) is 0 Å². The van der Waals surface area contributed by atoms with Crippen LogP contribution in [0.1, 0.15) is 19.7 Å². The standard InChI is InChI=1S/C15H21ClN2O2/c1-15(2,10-19-3)18-11-6-5-7-12(20-4)14(11)17-13(18)8-9-16/h5-7H,8-10H2,1-4H3. The fourth-order valence-corrected chi connectivity index (χ4v) is 2.80. The van der Waals surface area contributed by atoms with Gasteiger partial charge in [-0.15, -0.1) is 11.6 Å². The second-order valence-corrected chi connectivity index (χ2v) is 5.75. The Labute approximate surface area is 124 Å². The molecule has 0 N–H and O–H groups in total. The lowest BCUT2D eigenvalue weighted by Crippen LogP contribution is -2.33. The van der Waals surface area contributed by atoms with Crippen LogP contribution in [-0.4, -0.2) is 36.3 Å². The van der Waals surface area contributed by atoms with Crippen molar-refractivity contribution in [2.24, 2.45) is 0 Å². The van der Waals surface area contributed by atoms with Crippen LogP contribution in [-0.2, 0) is 16.7 Å². The van der Waals surface area contributed by atoms with Gasteiger partial charge in [0.1, 0.15) is 17.1 Å². The molecule has 0 aliphatic carbocycles. The second-order valence-electron chi connectivity index (χ2n) is 5.38. The summed E-state index contributed by atoms with van der Waals surface area (Å²) < 4.78 is 13.0. The van der Waals surface area contributed by atoms with E-state index in [1.54, 1.807) is 14.2 Å². The summed E-state index contributed by atoms with van der Waals surface area (Å²) in [6, 6.07) is 5.96. The van der Waals surface area contributed by atoms with Crippen LogP contribution in [0, 0.1) is 0 Å². The summed E-state index contributed by atoms with van der Waals surface area (Å²) in [5, 5.41) is 0. The monoisotopic (exact) mass is 296 g/mol. The maximum Gasteiger partial charge on any atom is 0.146 e. The van der Waals surface area contributed by atoms with Crippen molar-refractivity contribution in [2.75, 3.05) is 26.7 Å². The molecule has 1 aromatic carbocycles. The molecule has 2 rings (SSSR count). The van der Waals surface area contributed by atoms with Gasteiger partial charge in [0.15, 0.2) is 0 Å². The number of para-hydroxylation sites is 1. The number of imidazole rings is 1. The summed E-state index contributed by atoms with van der Waals surface area (Å²) in [4.78, 5) is 4.72. The van der Waals surface area contributed by atoms with E-state index in [2.05, 4.69) is 24.5 Å². The van der Waals surface area contributed by atoms with Crippen LogP contribution >= 0.6 is 11.6 Å². The van der Waals surface area contributed by atoms with E-state index >= 15 is 0 Å². The average molecular weight is 297 g/mol. The number of hydrogen-bond donors (Lipinski definition) is 0. The van der Waals surface area contributed by atoms with E-state index in [4.69, 9.17) is 26.1 Å². The van der Waals surface area contributed by atoms with Crippen LogP contribution < -0.4 is 4.74 Å². The van der Waals surface area contributed by atoms with E-state index < -0.39 is 0 Å². The first kappa shape index (κ1) is 15.1. The molecular weight excluding hydrogens is 276 g/mol. The number of aryl methyl sites for hydroxylation is 1. The Balaban J connectivity index is 2.69. The highest BCUT2D eigenvalue weighted by Gasteiger charge is 2.26. The van der Waals surface area contributed by atoms with E-state index in [1.807, 2.05) is 12.1 Å². The molecule has 0 atom stereocenters. The van der Waals surface area contributed by atoms with Crippen molar-refractivity contribution >= 4 is 22.6 Å². The fourth-order valence-electron chi connectivity index (χ4n) is 2.63. The lowest BCUT2D eigenvalue weighted by atomic mass is 10.1. The Morgan fingerprint density at radius 3 is 2.65 bits per heavy atom. The molecule has 0 radical (unpaired) electrons. The molecule has 1 heterocycles. The number of fused-ring (bicyclic) bond motifs is 1. The van der Waals surface area contributed by atoms with E-state index in [9.17, 15) is 0 Å². The minimum absolute atomic E-state index is 0.197.